The number of rotatable bonds is 3. The quantitative estimate of drug-likeness (QED) is 0.875. The van der Waals surface area contributed by atoms with Crippen LogP contribution in [-0.4, -0.2) is 35.0 Å². The van der Waals surface area contributed by atoms with Crippen molar-refractivity contribution in [3.05, 3.63) is 45.8 Å². The van der Waals surface area contributed by atoms with Crippen molar-refractivity contribution in [1.82, 2.24) is 9.88 Å². The third kappa shape index (κ3) is 3.24. The first-order valence-corrected chi connectivity index (χ1v) is 7.94. The molecule has 1 aliphatic heterocycles. The number of amides is 1. The molecule has 1 fully saturated rings. The van der Waals surface area contributed by atoms with Gasteiger partial charge >= 0.3 is 0 Å². The molecule has 2 aromatic heterocycles. The minimum absolute atomic E-state index is 0.0318. The fourth-order valence-electron chi connectivity index (χ4n) is 2.46. The molecule has 0 N–H and O–H groups in total. The van der Waals surface area contributed by atoms with Crippen LogP contribution in [0.2, 0.25) is 0 Å². The molecular formula is C16H18N2O2S. The largest absolute Gasteiger partial charge is 0.472 e. The Balaban J connectivity index is 1.61. The van der Waals surface area contributed by atoms with Crippen molar-refractivity contribution in [2.24, 2.45) is 0 Å². The SMILES string of the molecule is Cc1csc(C(=O)N2CCC(Oc3cccc(C)n3)C2)c1. The molecule has 0 spiro atoms. The molecule has 110 valence electrons. The van der Waals surface area contributed by atoms with Crippen LogP contribution in [0.15, 0.2) is 29.6 Å². The molecule has 1 amide bonds. The van der Waals surface area contributed by atoms with Crippen molar-refractivity contribution < 1.29 is 9.53 Å². The number of aryl methyl sites for hydroxylation is 2. The van der Waals surface area contributed by atoms with E-state index in [2.05, 4.69) is 4.98 Å². The Labute approximate surface area is 128 Å². The molecule has 1 aliphatic rings. The number of ether oxygens (including phenoxy) is 1. The van der Waals surface area contributed by atoms with Gasteiger partial charge < -0.3 is 9.64 Å². The minimum atomic E-state index is 0.0318. The van der Waals surface area contributed by atoms with Gasteiger partial charge in [-0.05, 0) is 36.9 Å². The molecule has 3 rings (SSSR count). The van der Waals surface area contributed by atoms with Gasteiger partial charge in [-0.3, -0.25) is 4.79 Å². The van der Waals surface area contributed by atoms with Crippen LogP contribution >= 0.6 is 11.3 Å². The van der Waals surface area contributed by atoms with Crippen LogP contribution in [0.3, 0.4) is 0 Å². The number of likely N-dealkylation sites (tertiary alicyclic amines) is 1. The van der Waals surface area contributed by atoms with Crippen LogP contribution in [0.5, 0.6) is 5.88 Å². The van der Waals surface area contributed by atoms with E-state index in [0.717, 1.165) is 29.1 Å². The van der Waals surface area contributed by atoms with Gasteiger partial charge in [0.1, 0.15) is 6.10 Å². The van der Waals surface area contributed by atoms with E-state index in [0.29, 0.717) is 12.4 Å². The van der Waals surface area contributed by atoms with Crippen molar-refractivity contribution in [2.45, 2.75) is 26.4 Å². The molecule has 0 aliphatic carbocycles. The monoisotopic (exact) mass is 302 g/mol. The normalized spacial score (nSPS) is 18.0. The lowest BCUT2D eigenvalue weighted by atomic mass is 10.3. The number of pyridine rings is 1. The predicted molar refractivity (Wildman–Crippen MR) is 83.0 cm³/mol. The Morgan fingerprint density at radius 3 is 3.00 bits per heavy atom. The molecule has 0 aromatic carbocycles. The van der Waals surface area contributed by atoms with Gasteiger partial charge in [0.25, 0.3) is 5.91 Å². The van der Waals surface area contributed by atoms with Gasteiger partial charge in [-0.15, -0.1) is 11.3 Å². The molecule has 1 atom stereocenters. The van der Waals surface area contributed by atoms with Crippen LogP contribution in [0.25, 0.3) is 0 Å². The molecule has 0 radical (unpaired) electrons. The lowest BCUT2D eigenvalue weighted by Crippen LogP contribution is -2.30. The fourth-order valence-corrected chi connectivity index (χ4v) is 3.33. The molecule has 0 saturated carbocycles. The Morgan fingerprint density at radius 2 is 2.29 bits per heavy atom. The third-order valence-corrected chi connectivity index (χ3v) is 4.56. The number of hydrogen-bond donors (Lipinski definition) is 0. The van der Waals surface area contributed by atoms with Crippen LogP contribution in [-0.2, 0) is 0 Å². The fraction of sp³-hybridized carbons (Fsp3) is 0.375. The van der Waals surface area contributed by atoms with Crippen molar-refractivity contribution in [2.75, 3.05) is 13.1 Å². The number of hydrogen-bond acceptors (Lipinski definition) is 4. The van der Waals surface area contributed by atoms with Crippen LogP contribution in [0.4, 0.5) is 0 Å². The van der Waals surface area contributed by atoms with Crippen LogP contribution in [0, 0.1) is 13.8 Å². The van der Waals surface area contributed by atoms with E-state index in [-0.39, 0.29) is 12.0 Å². The zero-order valence-electron chi connectivity index (χ0n) is 12.2. The molecule has 5 heteroatoms. The number of aromatic nitrogens is 1. The highest BCUT2D eigenvalue weighted by molar-refractivity contribution is 7.12. The third-order valence-electron chi connectivity index (χ3n) is 3.52. The average molecular weight is 302 g/mol. The summed E-state index contributed by atoms with van der Waals surface area (Å²) in [6.07, 6.45) is 0.885. The van der Waals surface area contributed by atoms with Gasteiger partial charge in [0.2, 0.25) is 5.88 Å². The summed E-state index contributed by atoms with van der Waals surface area (Å²) in [6.45, 7) is 5.32. The van der Waals surface area contributed by atoms with E-state index < -0.39 is 0 Å². The Morgan fingerprint density at radius 1 is 1.43 bits per heavy atom. The average Bonchev–Trinajstić information content (AvgIpc) is 3.07. The molecular weight excluding hydrogens is 284 g/mol. The second kappa shape index (κ2) is 5.85. The lowest BCUT2D eigenvalue weighted by molar-refractivity contribution is 0.0776. The van der Waals surface area contributed by atoms with Crippen molar-refractivity contribution >= 4 is 17.2 Å². The van der Waals surface area contributed by atoms with Gasteiger partial charge in [-0.1, -0.05) is 6.07 Å². The van der Waals surface area contributed by atoms with E-state index in [1.807, 2.05) is 48.4 Å². The summed E-state index contributed by atoms with van der Waals surface area (Å²) < 4.78 is 5.88. The molecule has 2 aromatic rings. The predicted octanol–water partition coefficient (Wildman–Crippen LogP) is 3.05. The second-order valence-corrected chi connectivity index (χ2v) is 6.30. The smallest absolute Gasteiger partial charge is 0.264 e. The Hall–Kier alpha value is -1.88. The molecule has 3 heterocycles. The molecule has 1 saturated heterocycles. The number of carbonyl (C=O) groups is 1. The molecule has 1 unspecified atom stereocenters. The van der Waals surface area contributed by atoms with Crippen molar-refractivity contribution in [3.63, 3.8) is 0 Å². The Kier molecular flexibility index (Phi) is 3.92. The maximum Gasteiger partial charge on any atom is 0.264 e. The van der Waals surface area contributed by atoms with E-state index in [1.54, 1.807) is 0 Å². The maximum absolute atomic E-state index is 12.4. The van der Waals surface area contributed by atoms with Gasteiger partial charge in [0.05, 0.1) is 11.4 Å². The summed E-state index contributed by atoms with van der Waals surface area (Å²) in [5, 5.41) is 2.01. The first kappa shape index (κ1) is 14.1. The van der Waals surface area contributed by atoms with Gasteiger partial charge in [0.15, 0.2) is 0 Å². The highest BCUT2D eigenvalue weighted by Gasteiger charge is 2.29. The first-order valence-electron chi connectivity index (χ1n) is 7.06. The van der Waals surface area contributed by atoms with Gasteiger partial charge in [-0.2, -0.15) is 0 Å². The standard InChI is InChI=1S/C16H18N2O2S/c1-11-8-14(21-10-11)16(19)18-7-6-13(9-18)20-15-5-3-4-12(2)17-15/h3-5,8,10,13H,6-7,9H2,1-2H3. The minimum Gasteiger partial charge on any atom is -0.472 e. The summed E-state index contributed by atoms with van der Waals surface area (Å²) in [7, 11) is 0. The van der Waals surface area contributed by atoms with Crippen LogP contribution in [0.1, 0.15) is 27.3 Å². The summed E-state index contributed by atoms with van der Waals surface area (Å²) in [4.78, 5) is 19.4. The zero-order valence-corrected chi connectivity index (χ0v) is 13.0. The second-order valence-electron chi connectivity index (χ2n) is 5.39. The topological polar surface area (TPSA) is 42.4 Å². The number of carbonyl (C=O) groups excluding carboxylic acids is 1. The molecule has 4 nitrogen and oxygen atoms in total. The number of thiophene rings is 1. The van der Waals surface area contributed by atoms with Crippen molar-refractivity contribution in [3.8, 4) is 5.88 Å². The first-order chi connectivity index (χ1) is 10.1. The lowest BCUT2D eigenvalue weighted by Gasteiger charge is -2.16. The van der Waals surface area contributed by atoms with Gasteiger partial charge in [0, 0.05) is 24.7 Å². The molecule has 0 bridgehead atoms. The van der Waals surface area contributed by atoms with E-state index in [1.165, 1.54) is 11.3 Å². The zero-order chi connectivity index (χ0) is 14.8. The maximum atomic E-state index is 12.4. The highest BCUT2D eigenvalue weighted by Crippen LogP contribution is 2.21. The van der Waals surface area contributed by atoms with E-state index in [4.69, 9.17) is 4.74 Å². The molecule has 21 heavy (non-hydrogen) atoms. The summed E-state index contributed by atoms with van der Waals surface area (Å²) in [6, 6.07) is 7.68. The van der Waals surface area contributed by atoms with Gasteiger partial charge in [-0.25, -0.2) is 4.98 Å². The van der Waals surface area contributed by atoms with Crippen molar-refractivity contribution in [1.29, 1.82) is 0 Å². The van der Waals surface area contributed by atoms with E-state index >= 15 is 0 Å². The van der Waals surface area contributed by atoms with Crippen LogP contribution < -0.4 is 4.74 Å². The Bertz CT molecular complexity index is 653. The highest BCUT2D eigenvalue weighted by atomic mass is 32.1. The van der Waals surface area contributed by atoms with E-state index in [9.17, 15) is 4.79 Å². The summed E-state index contributed by atoms with van der Waals surface area (Å²) in [5.74, 6) is 0.748. The number of nitrogens with zero attached hydrogens (tertiary/aromatic N) is 2. The summed E-state index contributed by atoms with van der Waals surface area (Å²) >= 11 is 1.51. The summed E-state index contributed by atoms with van der Waals surface area (Å²) in [5.41, 5.74) is 2.08.